The number of rotatable bonds is 3. The molecule has 2 heterocycles. The number of thioether (sulfide) groups is 1. The molecule has 0 bridgehead atoms. The Balaban J connectivity index is 1.66. The van der Waals surface area contributed by atoms with Crippen LogP contribution in [-0.4, -0.2) is 42.8 Å². The zero-order chi connectivity index (χ0) is 9.80. The summed E-state index contributed by atoms with van der Waals surface area (Å²) in [6.07, 6.45) is 2.44. The molecule has 0 saturated carbocycles. The zero-order valence-electron chi connectivity index (χ0n) is 8.12. The molecule has 1 unspecified atom stereocenters. The molecule has 2 rings (SSSR count). The normalized spacial score (nSPS) is 32.0. The van der Waals surface area contributed by atoms with Gasteiger partial charge in [0.05, 0.1) is 12.1 Å². The van der Waals surface area contributed by atoms with Crippen LogP contribution in [0, 0.1) is 0 Å². The number of ether oxygens (including phenoxy) is 1. The topological polar surface area (TPSA) is 50.4 Å². The van der Waals surface area contributed by atoms with E-state index >= 15 is 0 Å². The highest BCUT2D eigenvalue weighted by molar-refractivity contribution is 7.99. The number of hydrogen-bond acceptors (Lipinski definition) is 4. The predicted molar refractivity (Wildman–Crippen MR) is 56.2 cm³/mol. The molecule has 0 aromatic rings. The number of hydrogen-bond donors (Lipinski definition) is 2. The van der Waals surface area contributed by atoms with Gasteiger partial charge in [0.2, 0.25) is 5.91 Å². The second-order valence-electron chi connectivity index (χ2n) is 3.65. The van der Waals surface area contributed by atoms with Gasteiger partial charge in [0, 0.05) is 24.8 Å². The summed E-state index contributed by atoms with van der Waals surface area (Å²) in [5, 5.41) is 6.07. The zero-order valence-corrected chi connectivity index (χ0v) is 8.94. The maximum atomic E-state index is 11.6. The van der Waals surface area contributed by atoms with Crippen molar-refractivity contribution < 1.29 is 9.53 Å². The van der Waals surface area contributed by atoms with Crippen molar-refractivity contribution in [3.05, 3.63) is 0 Å². The molecular formula is C9H16N2O2S. The fraction of sp³-hybridized carbons (Fsp3) is 0.889. The van der Waals surface area contributed by atoms with Gasteiger partial charge in [0.15, 0.2) is 0 Å². The van der Waals surface area contributed by atoms with Gasteiger partial charge >= 0.3 is 0 Å². The van der Waals surface area contributed by atoms with Crippen molar-refractivity contribution in [2.24, 2.45) is 0 Å². The van der Waals surface area contributed by atoms with Crippen molar-refractivity contribution in [1.82, 2.24) is 10.6 Å². The van der Waals surface area contributed by atoms with E-state index in [0.29, 0.717) is 6.54 Å². The van der Waals surface area contributed by atoms with Crippen LogP contribution < -0.4 is 10.6 Å². The van der Waals surface area contributed by atoms with Crippen molar-refractivity contribution in [3.8, 4) is 0 Å². The van der Waals surface area contributed by atoms with Crippen LogP contribution in [0.15, 0.2) is 0 Å². The molecule has 1 amide bonds. The van der Waals surface area contributed by atoms with Crippen LogP contribution in [0.3, 0.4) is 0 Å². The second kappa shape index (κ2) is 5.00. The molecular weight excluding hydrogens is 200 g/mol. The van der Waals surface area contributed by atoms with Gasteiger partial charge in [-0.05, 0) is 12.8 Å². The molecule has 5 heteroatoms. The molecule has 2 saturated heterocycles. The maximum Gasteiger partial charge on any atom is 0.238 e. The molecule has 2 aliphatic heterocycles. The van der Waals surface area contributed by atoms with Gasteiger partial charge in [-0.3, -0.25) is 10.1 Å². The molecule has 2 atom stereocenters. The lowest BCUT2D eigenvalue weighted by atomic mass is 10.2. The van der Waals surface area contributed by atoms with Crippen LogP contribution in [0.4, 0.5) is 0 Å². The number of carbonyl (C=O) groups excluding carboxylic acids is 1. The molecule has 80 valence electrons. The van der Waals surface area contributed by atoms with E-state index in [0.717, 1.165) is 31.1 Å². The third-order valence-electron chi connectivity index (χ3n) is 2.56. The summed E-state index contributed by atoms with van der Waals surface area (Å²) in [5.41, 5.74) is 0. The summed E-state index contributed by atoms with van der Waals surface area (Å²) in [5.74, 6) is 1.89. The van der Waals surface area contributed by atoms with E-state index in [-0.39, 0.29) is 18.1 Å². The highest BCUT2D eigenvalue weighted by Gasteiger charge is 2.23. The van der Waals surface area contributed by atoms with Crippen LogP contribution >= 0.6 is 11.8 Å². The van der Waals surface area contributed by atoms with E-state index in [1.54, 1.807) is 11.8 Å². The first-order valence-electron chi connectivity index (χ1n) is 5.07. The van der Waals surface area contributed by atoms with Crippen molar-refractivity contribution >= 4 is 17.7 Å². The van der Waals surface area contributed by atoms with E-state index in [2.05, 4.69) is 10.6 Å². The Morgan fingerprint density at radius 1 is 1.64 bits per heavy atom. The Hall–Kier alpha value is -0.260. The summed E-state index contributed by atoms with van der Waals surface area (Å²) in [6, 6.07) is 0.00130. The van der Waals surface area contributed by atoms with Crippen molar-refractivity contribution in [1.29, 1.82) is 0 Å². The standard InChI is InChI=1S/C9H16N2O2S/c12-9(8-5-14-6-11-8)10-4-7-2-1-3-13-7/h7-8,11H,1-6H2,(H,10,12)/t7?,8-/m1/s1. The summed E-state index contributed by atoms with van der Waals surface area (Å²) in [7, 11) is 0. The monoisotopic (exact) mass is 216 g/mol. The first-order chi connectivity index (χ1) is 6.86. The minimum Gasteiger partial charge on any atom is -0.376 e. The van der Waals surface area contributed by atoms with Gasteiger partial charge in [0.1, 0.15) is 0 Å². The molecule has 14 heavy (non-hydrogen) atoms. The molecule has 0 aromatic heterocycles. The lowest BCUT2D eigenvalue weighted by Crippen LogP contribution is -2.44. The van der Waals surface area contributed by atoms with E-state index in [4.69, 9.17) is 4.74 Å². The third-order valence-corrected chi connectivity index (χ3v) is 3.50. The molecule has 0 spiro atoms. The SMILES string of the molecule is O=C(NCC1CCCO1)[C@H]1CSCN1. The van der Waals surface area contributed by atoms with Crippen LogP contribution in [0.1, 0.15) is 12.8 Å². The molecule has 4 nitrogen and oxygen atoms in total. The molecule has 2 aliphatic rings. The van der Waals surface area contributed by atoms with Gasteiger partial charge in [-0.2, -0.15) is 0 Å². The first-order valence-corrected chi connectivity index (χ1v) is 6.22. The van der Waals surface area contributed by atoms with Gasteiger partial charge in [-0.1, -0.05) is 0 Å². The Morgan fingerprint density at radius 3 is 3.21 bits per heavy atom. The van der Waals surface area contributed by atoms with Gasteiger partial charge < -0.3 is 10.1 Å². The number of amides is 1. The molecule has 0 aliphatic carbocycles. The Kier molecular flexibility index (Phi) is 3.67. The average molecular weight is 216 g/mol. The molecule has 0 aromatic carbocycles. The van der Waals surface area contributed by atoms with E-state index < -0.39 is 0 Å². The lowest BCUT2D eigenvalue weighted by molar-refractivity contribution is -0.122. The molecule has 2 N–H and O–H groups in total. The molecule has 2 fully saturated rings. The van der Waals surface area contributed by atoms with Crippen LogP contribution in [0.5, 0.6) is 0 Å². The van der Waals surface area contributed by atoms with Crippen LogP contribution in [-0.2, 0) is 9.53 Å². The largest absolute Gasteiger partial charge is 0.376 e. The second-order valence-corrected chi connectivity index (χ2v) is 4.68. The van der Waals surface area contributed by atoms with Gasteiger partial charge in [-0.15, -0.1) is 11.8 Å². The summed E-state index contributed by atoms with van der Waals surface area (Å²) >= 11 is 1.77. The predicted octanol–water partition coefficient (Wildman–Crippen LogP) is -0.0559. The minimum absolute atomic E-state index is 0.00130. The van der Waals surface area contributed by atoms with Gasteiger partial charge in [0.25, 0.3) is 0 Å². The third kappa shape index (κ3) is 2.62. The minimum atomic E-state index is 0.00130. The fourth-order valence-corrected chi connectivity index (χ4v) is 2.65. The Bertz CT molecular complexity index is 201. The number of carbonyl (C=O) groups is 1. The molecule has 0 radical (unpaired) electrons. The lowest BCUT2D eigenvalue weighted by Gasteiger charge is -2.13. The number of nitrogens with one attached hydrogen (secondary N) is 2. The van der Waals surface area contributed by atoms with E-state index in [9.17, 15) is 4.79 Å². The first kappa shape index (κ1) is 10.3. The summed E-state index contributed by atoms with van der Waals surface area (Å²) in [6.45, 7) is 1.51. The average Bonchev–Trinajstić information content (AvgIpc) is 2.87. The van der Waals surface area contributed by atoms with Crippen molar-refractivity contribution in [2.45, 2.75) is 25.0 Å². The smallest absolute Gasteiger partial charge is 0.238 e. The quantitative estimate of drug-likeness (QED) is 0.694. The van der Waals surface area contributed by atoms with E-state index in [1.165, 1.54) is 0 Å². The van der Waals surface area contributed by atoms with E-state index in [1.807, 2.05) is 0 Å². The van der Waals surface area contributed by atoms with Gasteiger partial charge in [-0.25, -0.2) is 0 Å². The summed E-state index contributed by atoms with van der Waals surface area (Å²) < 4.78 is 5.43. The highest BCUT2D eigenvalue weighted by Crippen LogP contribution is 2.12. The van der Waals surface area contributed by atoms with Crippen molar-refractivity contribution in [2.75, 3.05) is 24.8 Å². The van der Waals surface area contributed by atoms with Crippen LogP contribution in [0.25, 0.3) is 0 Å². The fourth-order valence-electron chi connectivity index (χ4n) is 1.71. The maximum absolute atomic E-state index is 11.6. The Labute approximate surface area is 88.1 Å². The van der Waals surface area contributed by atoms with Crippen LogP contribution in [0.2, 0.25) is 0 Å². The Morgan fingerprint density at radius 2 is 2.57 bits per heavy atom. The summed E-state index contributed by atoms with van der Waals surface area (Å²) in [4.78, 5) is 11.6. The highest BCUT2D eigenvalue weighted by atomic mass is 32.2. The van der Waals surface area contributed by atoms with Crippen molar-refractivity contribution in [3.63, 3.8) is 0 Å².